The molecule has 1 aliphatic heterocycles. The van der Waals surface area contributed by atoms with E-state index >= 15 is 0 Å². The molecule has 0 amide bonds. The van der Waals surface area contributed by atoms with Crippen molar-refractivity contribution in [1.82, 2.24) is 4.90 Å². The number of rotatable bonds is 3. The van der Waals surface area contributed by atoms with Gasteiger partial charge in [-0.15, -0.1) is 0 Å². The third-order valence-corrected chi connectivity index (χ3v) is 2.96. The lowest BCUT2D eigenvalue weighted by Gasteiger charge is -2.30. The van der Waals surface area contributed by atoms with Gasteiger partial charge in [0.15, 0.2) is 0 Å². The van der Waals surface area contributed by atoms with Crippen LogP contribution in [0.1, 0.15) is 46.5 Å². The minimum atomic E-state index is -0.0335. The van der Waals surface area contributed by atoms with Crippen molar-refractivity contribution in [3.63, 3.8) is 0 Å². The summed E-state index contributed by atoms with van der Waals surface area (Å²) in [5.74, 6) is 0. The van der Waals surface area contributed by atoms with Gasteiger partial charge in [-0.1, -0.05) is 20.8 Å². The molecule has 1 saturated heterocycles. The highest BCUT2D eigenvalue weighted by Gasteiger charge is 2.17. The summed E-state index contributed by atoms with van der Waals surface area (Å²) in [5.41, 5.74) is 0.468. The minimum Gasteiger partial charge on any atom is -0.393 e. The first-order chi connectivity index (χ1) is 6.47. The molecule has 1 heterocycles. The lowest BCUT2D eigenvalue weighted by molar-refractivity contribution is 0.0804. The third kappa shape index (κ3) is 4.97. The Morgan fingerprint density at radius 1 is 1.21 bits per heavy atom. The van der Waals surface area contributed by atoms with Gasteiger partial charge in [0.2, 0.25) is 0 Å². The standard InChI is InChI=1S/C12H25NO/c1-12(2,3)7-4-8-13-9-5-11(14)6-10-13/h11,14H,4-10H2,1-3H3. The Balaban J connectivity index is 2.08. The number of hydrogen-bond acceptors (Lipinski definition) is 2. The Hall–Kier alpha value is -0.0800. The quantitative estimate of drug-likeness (QED) is 0.753. The maximum absolute atomic E-state index is 9.35. The zero-order chi connectivity index (χ0) is 10.6. The number of hydrogen-bond donors (Lipinski definition) is 1. The Morgan fingerprint density at radius 2 is 1.79 bits per heavy atom. The van der Waals surface area contributed by atoms with Crippen LogP contribution in [0.4, 0.5) is 0 Å². The number of aliphatic hydroxyl groups is 1. The first kappa shape index (κ1) is 12.0. The molecule has 0 aliphatic carbocycles. The van der Waals surface area contributed by atoms with Gasteiger partial charge in [0.25, 0.3) is 0 Å². The second-order valence-corrected chi connectivity index (χ2v) is 5.74. The summed E-state index contributed by atoms with van der Waals surface area (Å²) in [5, 5.41) is 9.35. The van der Waals surface area contributed by atoms with Crippen LogP contribution in [0.3, 0.4) is 0 Å². The van der Waals surface area contributed by atoms with Gasteiger partial charge in [-0.2, -0.15) is 0 Å². The average molecular weight is 199 g/mol. The van der Waals surface area contributed by atoms with Gasteiger partial charge in [0.05, 0.1) is 6.10 Å². The highest BCUT2D eigenvalue weighted by Crippen LogP contribution is 2.21. The van der Waals surface area contributed by atoms with Crippen molar-refractivity contribution in [1.29, 1.82) is 0 Å². The number of likely N-dealkylation sites (tertiary alicyclic amines) is 1. The molecule has 1 fully saturated rings. The monoisotopic (exact) mass is 199 g/mol. The SMILES string of the molecule is CC(C)(C)CCCN1CCC(O)CC1. The summed E-state index contributed by atoms with van der Waals surface area (Å²) in [6, 6.07) is 0. The Kier molecular flexibility index (Phi) is 4.39. The van der Waals surface area contributed by atoms with E-state index in [1.807, 2.05) is 0 Å². The van der Waals surface area contributed by atoms with Crippen molar-refractivity contribution >= 4 is 0 Å². The van der Waals surface area contributed by atoms with E-state index in [2.05, 4.69) is 25.7 Å². The zero-order valence-electron chi connectivity index (χ0n) is 9.92. The van der Waals surface area contributed by atoms with Crippen LogP contribution < -0.4 is 0 Å². The van der Waals surface area contributed by atoms with E-state index in [0.29, 0.717) is 5.41 Å². The van der Waals surface area contributed by atoms with Gasteiger partial charge in [0.1, 0.15) is 0 Å². The summed E-state index contributed by atoms with van der Waals surface area (Å²) in [6.45, 7) is 10.3. The Morgan fingerprint density at radius 3 is 2.29 bits per heavy atom. The van der Waals surface area contributed by atoms with E-state index in [9.17, 15) is 5.11 Å². The molecular weight excluding hydrogens is 174 g/mol. The Bertz CT molecular complexity index is 154. The highest BCUT2D eigenvalue weighted by molar-refractivity contribution is 4.71. The van der Waals surface area contributed by atoms with Gasteiger partial charge in [0, 0.05) is 13.1 Å². The molecule has 2 heteroatoms. The summed E-state index contributed by atoms with van der Waals surface area (Å²) in [4.78, 5) is 2.48. The topological polar surface area (TPSA) is 23.5 Å². The zero-order valence-corrected chi connectivity index (χ0v) is 9.92. The van der Waals surface area contributed by atoms with E-state index in [1.165, 1.54) is 19.4 Å². The molecule has 14 heavy (non-hydrogen) atoms. The first-order valence-electron chi connectivity index (χ1n) is 5.88. The fourth-order valence-corrected chi connectivity index (χ4v) is 1.98. The molecule has 0 aromatic carbocycles. The second kappa shape index (κ2) is 5.13. The molecular formula is C12H25NO. The van der Waals surface area contributed by atoms with Crippen LogP contribution in [0.2, 0.25) is 0 Å². The van der Waals surface area contributed by atoms with E-state index in [-0.39, 0.29) is 6.10 Å². The molecule has 1 aliphatic rings. The van der Waals surface area contributed by atoms with Crippen LogP contribution in [0, 0.1) is 5.41 Å². The van der Waals surface area contributed by atoms with Crippen LogP contribution in [0.5, 0.6) is 0 Å². The summed E-state index contributed by atoms with van der Waals surface area (Å²) in [6.07, 6.45) is 4.49. The maximum atomic E-state index is 9.35. The molecule has 0 aromatic rings. The largest absolute Gasteiger partial charge is 0.393 e. The molecule has 0 atom stereocenters. The molecule has 0 bridgehead atoms. The molecule has 0 spiro atoms. The number of piperidine rings is 1. The van der Waals surface area contributed by atoms with Gasteiger partial charge < -0.3 is 10.0 Å². The van der Waals surface area contributed by atoms with Gasteiger partial charge in [-0.05, 0) is 37.6 Å². The molecule has 1 rings (SSSR count). The van der Waals surface area contributed by atoms with E-state index < -0.39 is 0 Å². The van der Waals surface area contributed by atoms with Crippen molar-refractivity contribution in [3.05, 3.63) is 0 Å². The van der Waals surface area contributed by atoms with E-state index in [0.717, 1.165) is 25.9 Å². The van der Waals surface area contributed by atoms with Crippen LogP contribution in [-0.2, 0) is 0 Å². The first-order valence-corrected chi connectivity index (χ1v) is 5.88. The molecule has 0 saturated carbocycles. The van der Waals surface area contributed by atoms with Gasteiger partial charge in [-0.25, -0.2) is 0 Å². The van der Waals surface area contributed by atoms with Crippen LogP contribution in [-0.4, -0.2) is 35.7 Å². The summed E-state index contributed by atoms with van der Waals surface area (Å²) < 4.78 is 0. The van der Waals surface area contributed by atoms with Crippen LogP contribution >= 0.6 is 0 Å². The average Bonchev–Trinajstić information content (AvgIpc) is 2.06. The van der Waals surface area contributed by atoms with Crippen molar-refractivity contribution in [2.24, 2.45) is 5.41 Å². The molecule has 0 unspecified atom stereocenters. The lowest BCUT2D eigenvalue weighted by atomic mass is 9.90. The maximum Gasteiger partial charge on any atom is 0.0564 e. The molecule has 0 radical (unpaired) electrons. The van der Waals surface area contributed by atoms with Gasteiger partial charge >= 0.3 is 0 Å². The van der Waals surface area contributed by atoms with Crippen molar-refractivity contribution in [2.45, 2.75) is 52.6 Å². The van der Waals surface area contributed by atoms with Crippen molar-refractivity contribution in [2.75, 3.05) is 19.6 Å². The highest BCUT2D eigenvalue weighted by atomic mass is 16.3. The van der Waals surface area contributed by atoms with E-state index in [1.54, 1.807) is 0 Å². The smallest absolute Gasteiger partial charge is 0.0564 e. The Labute approximate surface area is 88.3 Å². The van der Waals surface area contributed by atoms with E-state index in [4.69, 9.17) is 0 Å². The molecule has 1 N–H and O–H groups in total. The molecule has 2 nitrogen and oxygen atoms in total. The van der Waals surface area contributed by atoms with Crippen molar-refractivity contribution < 1.29 is 5.11 Å². The minimum absolute atomic E-state index is 0.0335. The summed E-state index contributed by atoms with van der Waals surface area (Å²) in [7, 11) is 0. The number of aliphatic hydroxyl groups excluding tert-OH is 1. The lowest BCUT2D eigenvalue weighted by Crippen LogP contribution is -2.36. The second-order valence-electron chi connectivity index (χ2n) is 5.74. The fourth-order valence-electron chi connectivity index (χ4n) is 1.98. The molecule has 84 valence electrons. The fraction of sp³-hybridized carbons (Fsp3) is 1.00. The van der Waals surface area contributed by atoms with Crippen LogP contribution in [0.15, 0.2) is 0 Å². The molecule has 0 aromatic heterocycles. The predicted octanol–water partition coefficient (Wildman–Crippen LogP) is 2.27. The predicted molar refractivity (Wildman–Crippen MR) is 60.4 cm³/mol. The number of nitrogens with zero attached hydrogens (tertiary/aromatic N) is 1. The third-order valence-electron chi connectivity index (χ3n) is 2.96. The normalized spacial score (nSPS) is 21.4. The van der Waals surface area contributed by atoms with Gasteiger partial charge in [-0.3, -0.25) is 0 Å². The van der Waals surface area contributed by atoms with Crippen molar-refractivity contribution in [3.8, 4) is 0 Å². The summed E-state index contributed by atoms with van der Waals surface area (Å²) >= 11 is 0. The van der Waals surface area contributed by atoms with Crippen LogP contribution in [0.25, 0.3) is 0 Å².